The van der Waals surface area contributed by atoms with E-state index in [1.165, 1.54) is 0 Å². The molecule has 2 aliphatic heterocycles. The fourth-order valence-corrected chi connectivity index (χ4v) is 4.15. The van der Waals surface area contributed by atoms with E-state index < -0.39 is 5.54 Å². The maximum atomic E-state index is 13.0. The third-order valence-electron chi connectivity index (χ3n) is 4.90. The van der Waals surface area contributed by atoms with Crippen molar-refractivity contribution >= 4 is 34.1 Å². The molecule has 3 aromatic rings. The van der Waals surface area contributed by atoms with Crippen LogP contribution in [-0.2, 0) is 16.8 Å². The molecule has 1 spiro atoms. The number of aromatic amines is 1. The van der Waals surface area contributed by atoms with Crippen molar-refractivity contribution in [3.63, 3.8) is 0 Å². The molecule has 0 bridgehead atoms. The van der Waals surface area contributed by atoms with Gasteiger partial charge in [-0.25, -0.2) is 0 Å². The standard InChI is InChI=1S/C18H14ClN3O/c19-10-5-6-14-12(9-10)18(17(23)22-14)16-11-3-1-2-4-13(11)21-15(16)7-8-20-18/h1-6,9,20-21H,7-8H2,(H,22,23). The Kier molecular flexibility index (Phi) is 2.50. The van der Waals surface area contributed by atoms with Crippen molar-refractivity contribution < 1.29 is 4.79 Å². The first-order valence-electron chi connectivity index (χ1n) is 7.67. The summed E-state index contributed by atoms with van der Waals surface area (Å²) in [5.74, 6) is -0.0412. The number of H-pyrrole nitrogens is 1. The molecule has 1 amide bonds. The summed E-state index contributed by atoms with van der Waals surface area (Å²) in [6.07, 6.45) is 0.870. The zero-order valence-electron chi connectivity index (χ0n) is 12.2. The molecular weight excluding hydrogens is 310 g/mol. The third kappa shape index (κ3) is 1.57. The first kappa shape index (κ1) is 13.2. The van der Waals surface area contributed by atoms with Gasteiger partial charge in [0.15, 0.2) is 5.54 Å². The first-order chi connectivity index (χ1) is 11.2. The Bertz CT molecular complexity index is 978. The lowest BCUT2D eigenvalue weighted by atomic mass is 9.79. The average molecular weight is 324 g/mol. The van der Waals surface area contributed by atoms with E-state index in [1.54, 1.807) is 6.07 Å². The van der Waals surface area contributed by atoms with Gasteiger partial charge < -0.3 is 10.3 Å². The molecule has 1 atom stereocenters. The van der Waals surface area contributed by atoms with Gasteiger partial charge in [-0.3, -0.25) is 10.1 Å². The number of benzene rings is 2. The predicted molar refractivity (Wildman–Crippen MR) is 90.9 cm³/mol. The van der Waals surface area contributed by atoms with Crippen LogP contribution in [0.5, 0.6) is 0 Å². The van der Waals surface area contributed by atoms with Crippen molar-refractivity contribution in [2.24, 2.45) is 0 Å². The van der Waals surface area contributed by atoms with E-state index in [0.717, 1.165) is 46.4 Å². The zero-order chi connectivity index (χ0) is 15.6. The van der Waals surface area contributed by atoms with Crippen molar-refractivity contribution in [3.05, 3.63) is 64.3 Å². The first-order valence-corrected chi connectivity index (χ1v) is 8.04. The van der Waals surface area contributed by atoms with Gasteiger partial charge in [-0.2, -0.15) is 0 Å². The maximum absolute atomic E-state index is 13.0. The Morgan fingerprint density at radius 2 is 2.00 bits per heavy atom. The van der Waals surface area contributed by atoms with E-state index in [4.69, 9.17) is 11.6 Å². The summed E-state index contributed by atoms with van der Waals surface area (Å²) in [6, 6.07) is 13.7. The molecule has 0 saturated heterocycles. The topological polar surface area (TPSA) is 56.9 Å². The Hall–Kier alpha value is -2.30. The molecule has 1 aromatic heterocycles. The Morgan fingerprint density at radius 3 is 2.91 bits per heavy atom. The van der Waals surface area contributed by atoms with E-state index in [-0.39, 0.29) is 5.91 Å². The fourth-order valence-electron chi connectivity index (χ4n) is 3.97. The van der Waals surface area contributed by atoms with Gasteiger partial charge in [0.05, 0.1) is 0 Å². The highest BCUT2D eigenvalue weighted by Crippen LogP contribution is 2.47. The number of aromatic nitrogens is 1. The summed E-state index contributed by atoms with van der Waals surface area (Å²) in [5, 5.41) is 8.19. The SMILES string of the molecule is O=C1Nc2ccc(Cl)cc2C12NCCc1[nH]c3ccccc3c12. The summed E-state index contributed by atoms with van der Waals surface area (Å²) in [6.45, 7) is 0.735. The van der Waals surface area contributed by atoms with Crippen molar-refractivity contribution in [2.75, 3.05) is 11.9 Å². The minimum Gasteiger partial charge on any atom is -0.358 e. The Morgan fingerprint density at radius 1 is 1.13 bits per heavy atom. The van der Waals surface area contributed by atoms with E-state index in [0.29, 0.717) is 5.02 Å². The number of anilines is 1. The van der Waals surface area contributed by atoms with Crippen LogP contribution < -0.4 is 10.6 Å². The van der Waals surface area contributed by atoms with Crippen LogP contribution in [-0.4, -0.2) is 17.4 Å². The van der Waals surface area contributed by atoms with Gasteiger partial charge in [-0.15, -0.1) is 0 Å². The van der Waals surface area contributed by atoms with Crippen LogP contribution in [0.1, 0.15) is 16.8 Å². The van der Waals surface area contributed by atoms with Gasteiger partial charge in [0, 0.05) is 51.4 Å². The second-order valence-electron chi connectivity index (χ2n) is 6.09. The molecule has 0 radical (unpaired) electrons. The smallest absolute Gasteiger partial charge is 0.254 e. The lowest BCUT2D eigenvalue weighted by molar-refractivity contribution is -0.120. The van der Waals surface area contributed by atoms with Crippen molar-refractivity contribution in [2.45, 2.75) is 12.0 Å². The summed E-state index contributed by atoms with van der Waals surface area (Å²) in [5.41, 5.74) is 4.06. The summed E-state index contributed by atoms with van der Waals surface area (Å²) in [7, 11) is 0. The number of carbonyl (C=O) groups excluding carboxylic acids is 1. The van der Waals surface area contributed by atoms with Crippen LogP contribution in [0, 0.1) is 0 Å². The van der Waals surface area contributed by atoms with E-state index in [2.05, 4.69) is 21.7 Å². The molecule has 23 heavy (non-hydrogen) atoms. The fraction of sp³-hybridized carbons (Fsp3) is 0.167. The van der Waals surface area contributed by atoms with Gasteiger partial charge in [0.25, 0.3) is 5.91 Å². The highest BCUT2D eigenvalue weighted by Gasteiger charge is 2.52. The van der Waals surface area contributed by atoms with Crippen LogP contribution in [0.25, 0.3) is 10.9 Å². The van der Waals surface area contributed by atoms with Crippen molar-refractivity contribution in [1.29, 1.82) is 0 Å². The number of rotatable bonds is 0. The zero-order valence-corrected chi connectivity index (χ0v) is 13.0. The molecule has 3 heterocycles. The van der Waals surface area contributed by atoms with Crippen LogP contribution in [0.3, 0.4) is 0 Å². The molecule has 0 saturated carbocycles. The lowest BCUT2D eigenvalue weighted by Crippen LogP contribution is -2.52. The highest BCUT2D eigenvalue weighted by molar-refractivity contribution is 6.31. The van der Waals surface area contributed by atoms with E-state index in [1.807, 2.05) is 30.3 Å². The van der Waals surface area contributed by atoms with Gasteiger partial charge in [0.2, 0.25) is 0 Å². The van der Waals surface area contributed by atoms with Gasteiger partial charge in [-0.05, 0) is 24.3 Å². The third-order valence-corrected chi connectivity index (χ3v) is 5.13. The summed E-state index contributed by atoms with van der Waals surface area (Å²) < 4.78 is 0. The van der Waals surface area contributed by atoms with Crippen LogP contribution in [0.2, 0.25) is 5.02 Å². The van der Waals surface area contributed by atoms with Gasteiger partial charge in [-0.1, -0.05) is 29.8 Å². The minimum absolute atomic E-state index is 0.0412. The second-order valence-corrected chi connectivity index (χ2v) is 6.53. The number of halogens is 1. The van der Waals surface area contributed by atoms with E-state index >= 15 is 0 Å². The van der Waals surface area contributed by atoms with Crippen LogP contribution in [0.15, 0.2) is 42.5 Å². The van der Waals surface area contributed by atoms with Gasteiger partial charge >= 0.3 is 0 Å². The number of hydrogen-bond acceptors (Lipinski definition) is 2. The number of hydrogen-bond donors (Lipinski definition) is 3. The Labute approximate surface area is 137 Å². The molecule has 4 nitrogen and oxygen atoms in total. The molecule has 0 fully saturated rings. The van der Waals surface area contributed by atoms with Crippen molar-refractivity contribution in [3.8, 4) is 0 Å². The maximum Gasteiger partial charge on any atom is 0.254 e. The molecule has 114 valence electrons. The number of para-hydroxylation sites is 1. The number of carbonyl (C=O) groups is 1. The number of amides is 1. The monoisotopic (exact) mass is 323 g/mol. The molecule has 2 aliphatic rings. The summed E-state index contributed by atoms with van der Waals surface area (Å²) >= 11 is 6.22. The molecule has 0 aliphatic carbocycles. The average Bonchev–Trinajstić information content (AvgIpc) is 3.06. The van der Waals surface area contributed by atoms with E-state index in [9.17, 15) is 4.79 Å². The quantitative estimate of drug-likeness (QED) is 0.595. The molecule has 5 heteroatoms. The molecule has 3 N–H and O–H groups in total. The molecule has 5 rings (SSSR count). The Balaban J connectivity index is 1.90. The molecule has 1 unspecified atom stereocenters. The lowest BCUT2D eigenvalue weighted by Gasteiger charge is -2.34. The second kappa shape index (κ2) is 4.37. The minimum atomic E-state index is -0.868. The van der Waals surface area contributed by atoms with Crippen molar-refractivity contribution in [1.82, 2.24) is 10.3 Å². The van der Waals surface area contributed by atoms with Crippen LogP contribution >= 0.6 is 11.6 Å². The van der Waals surface area contributed by atoms with Crippen LogP contribution in [0.4, 0.5) is 5.69 Å². The number of fused-ring (bicyclic) bond motifs is 6. The number of nitrogens with one attached hydrogen (secondary N) is 3. The predicted octanol–water partition coefficient (Wildman–Crippen LogP) is 3.16. The summed E-state index contributed by atoms with van der Waals surface area (Å²) in [4.78, 5) is 16.5. The largest absolute Gasteiger partial charge is 0.358 e. The normalized spacial score (nSPS) is 22.2. The molecular formula is C18H14ClN3O. The van der Waals surface area contributed by atoms with Gasteiger partial charge in [0.1, 0.15) is 0 Å². The molecule has 2 aromatic carbocycles. The highest BCUT2D eigenvalue weighted by atomic mass is 35.5.